The fourth-order valence-corrected chi connectivity index (χ4v) is 8.94. The van der Waals surface area contributed by atoms with Gasteiger partial charge in [-0.25, -0.2) is 0 Å². The summed E-state index contributed by atoms with van der Waals surface area (Å²) in [5.74, 6) is 0. The molecule has 0 aliphatic heterocycles. The number of benzene rings is 5. The Morgan fingerprint density at radius 2 is 1.31 bits per heavy atom. The number of hydrogen-bond donors (Lipinski definition) is 0. The minimum Gasteiger partial charge on any atom is -0.334 e. The van der Waals surface area contributed by atoms with E-state index in [0.29, 0.717) is 0 Å². The second kappa shape index (κ2) is 14.0. The lowest BCUT2D eigenvalue weighted by Crippen LogP contribution is -2.30. The third-order valence-corrected chi connectivity index (χ3v) is 11.6. The minimum absolute atomic E-state index is 0.177. The van der Waals surface area contributed by atoms with Gasteiger partial charge in [0.15, 0.2) is 0 Å². The van der Waals surface area contributed by atoms with Crippen LogP contribution in [-0.4, -0.2) is 10.6 Å². The highest BCUT2D eigenvalue weighted by molar-refractivity contribution is 5.89. The normalized spacial score (nSPS) is 17.2. The Kier molecular flexibility index (Phi) is 8.45. The van der Waals surface area contributed by atoms with Gasteiger partial charge in [0.25, 0.3) is 0 Å². The third-order valence-electron chi connectivity index (χ3n) is 11.6. The highest BCUT2D eigenvalue weighted by atomic mass is 15.2. The zero-order chi connectivity index (χ0) is 35.8. The van der Waals surface area contributed by atoms with Crippen molar-refractivity contribution in [3.8, 4) is 16.8 Å². The lowest BCUT2D eigenvalue weighted by Gasteiger charge is -2.33. The van der Waals surface area contributed by atoms with Crippen molar-refractivity contribution >= 4 is 51.7 Å². The molecular weight excluding hydrogens is 653 g/mol. The van der Waals surface area contributed by atoms with Gasteiger partial charge >= 0.3 is 0 Å². The molecule has 0 bridgehead atoms. The molecule has 6 aromatic rings. The zero-order valence-electron chi connectivity index (χ0n) is 30.7. The standard InChI is InChI=1S/C52H44N2/c1-3-12-37(13-4-1)39-22-28-43(29-23-39)53(44-30-24-40(25-31-44)38-14-5-2-6-15-38)46-34-35-50-49-19-9-10-21-51(49)54(52(50)36-46)45-32-26-42(27-33-45)48-20-11-17-41-16-7-8-18-47(41)48/h1,3-5,8,11-15,17-28,30-36,43H,2,6-7,9-10,16,29H2. The van der Waals surface area contributed by atoms with Crippen molar-refractivity contribution in [1.29, 1.82) is 0 Å². The van der Waals surface area contributed by atoms with Gasteiger partial charge in [0.05, 0.1) is 11.6 Å². The molecule has 0 N–H and O–H groups in total. The summed E-state index contributed by atoms with van der Waals surface area (Å²) in [5, 5.41) is 3.97. The largest absolute Gasteiger partial charge is 0.334 e. The van der Waals surface area contributed by atoms with Gasteiger partial charge in [0.1, 0.15) is 0 Å². The quantitative estimate of drug-likeness (QED) is 0.161. The minimum atomic E-state index is 0.177. The molecule has 0 spiro atoms. The predicted molar refractivity (Wildman–Crippen MR) is 230 cm³/mol. The van der Waals surface area contributed by atoms with E-state index in [1.165, 1.54) is 83.1 Å². The summed E-state index contributed by atoms with van der Waals surface area (Å²) in [4.78, 5) is 2.54. The van der Waals surface area contributed by atoms with Crippen LogP contribution in [0.3, 0.4) is 0 Å². The van der Waals surface area contributed by atoms with Gasteiger partial charge in [-0.2, -0.15) is 0 Å². The molecule has 262 valence electrons. The Hall–Kier alpha value is -6.12. The zero-order valence-corrected chi connectivity index (χ0v) is 30.7. The fourth-order valence-electron chi connectivity index (χ4n) is 8.94. The van der Waals surface area contributed by atoms with Crippen molar-refractivity contribution in [3.05, 3.63) is 191 Å². The summed E-state index contributed by atoms with van der Waals surface area (Å²) >= 11 is 0. The first-order valence-corrected chi connectivity index (χ1v) is 19.7. The van der Waals surface area contributed by atoms with Crippen molar-refractivity contribution in [2.75, 3.05) is 4.90 Å². The van der Waals surface area contributed by atoms with Crippen LogP contribution in [0.5, 0.6) is 0 Å². The van der Waals surface area contributed by atoms with Crippen molar-refractivity contribution in [2.24, 2.45) is 0 Å². The first kappa shape index (κ1) is 32.5. The fraction of sp³-hybridized carbons (Fsp3) is 0.154. The Labute approximate surface area is 318 Å². The van der Waals surface area contributed by atoms with Crippen LogP contribution in [-0.2, 0) is 6.42 Å². The number of fused-ring (bicyclic) bond motifs is 4. The number of nitrogens with zero attached hydrogens (tertiary/aromatic N) is 2. The summed E-state index contributed by atoms with van der Waals surface area (Å²) in [5.41, 5.74) is 15.4. The van der Waals surface area contributed by atoms with Gasteiger partial charge in [-0.05, 0) is 126 Å². The van der Waals surface area contributed by atoms with E-state index in [-0.39, 0.29) is 6.04 Å². The molecule has 0 saturated carbocycles. The molecule has 4 aliphatic carbocycles. The number of hydrogen-bond acceptors (Lipinski definition) is 1. The van der Waals surface area contributed by atoms with Crippen LogP contribution in [0.1, 0.15) is 60.8 Å². The smallest absolute Gasteiger partial charge is 0.0561 e. The second-order valence-electron chi connectivity index (χ2n) is 14.9. The molecule has 1 atom stereocenters. The van der Waals surface area contributed by atoms with E-state index < -0.39 is 0 Å². The average Bonchev–Trinajstić information content (AvgIpc) is 3.58. The molecular formula is C52H44N2. The Morgan fingerprint density at radius 3 is 2.13 bits per heavy atom. The van der Waals surface area contributed by atoms with E-state index in [9.17, 15) is 0 Å². The summed E-state index contributed by atoms with van der Waals surface area (Å²) in [6, 6.07) is 43.3. The summed E-state index contributed by atoms with van der Waals surface area (Å²) in [6.07, 6.45) is 31.1. The van der Waals surface area contributed by atoms with Gasteiger partial charge in [-0.3, -0.25) is 0 Å². The Morgan fingerprint density at radius 1 is 0.556 bits per heavy atom. The molecule has 1 aromatic heterocycles. The molecule has 10 rings (SSSR count). The van der Waals surface area contributed by atoms with Gasteiger partial charge in [0, 0.05) is 33.0 Å². The number of rotatable bonds is 7. The van der Waals surface area contributed by atoms with Crippen molar-refractivity contribution in [3.63, 3.8) is 0 Å². The van der Waals surface area contributed by atoms with Crippen LogP contribution in [0, 0.1) is 0 Å². The molecule has 0 saturated heterocycles. The van der Waals surface area contributed by atoms with Crippen LogP contribution < -0.4 is 15.5 Å². The van der Waals surface area contributed by atoms with Gasteiger partial charge in [-0.15, -0.1) is 0 Å². The summed E-state index contributed by atoms with van der Waals surface area (Å²) in [6.45, 7) is 0. The maximum Gasteiger partial charge on any atom is 0.0561 e. The van der Waals surface area contributed by atoms with Crippen molar-refractivity contribution in [1.82, 2.24) is 4.57 Å². The van der Waals surface area contributed by atoms with Gasteiger partial charge < -0.3 is 9.47 Å². The lowest BCUT2D eigenvalue weighted by atomic mass is 9.90. The second-order valence-corrected chi connectivity index (χ2v) is 14.9. The monoisotopic (exact) mass is 696 g/mol. The molecule has 1 unspecified atom stereocenters. The first-order valence-electron chi connectivity index (χ1n) is 19.7. The SMILES string of the molecule is C1=CC(c2ccc(N(c3ccc4c5c(n(-c6ccc(-c7cccc8c7C=CCC8)cc6)c4c3)=CCCC=5)C3C=CC(c4ccccc4)=CC3)cc2)=CCC1. The molecule has 1 heterocycles. The highest BCUT2D eigenvalue weighted by Crippen LogP contribution is 2.37. The molecule has 2 nitrogen and oxygen atoms in total. The number of aryl methyl sites for hydroxylation is 1. The van der Waals surface area contributed by atoms with Crippen molar-refractivity contribution in [2.45, 2.75) is 51.0 Å². The van der Waals surface area contributed by atoms with Gasteiger partial charge in [0.2, 0.25) is 0 Å². The predicted octanol–water partition coefficient (Wildman–Crippen LogP) is 11.9. The van der Waals surface area contributed by atoms with Crippen molar-refractivity contribution < 1.29 is 0 Å². The Balaban J connectivity index is 1.08. The van der Waals surface area contributed by atoms with Gasteiger partial charge in [-0.1, -0.05) is 140 Å². The van der Waals surface area contributed by atoms with E-state index in [1.54, 1.807) is 0 Å². The number of anilines is 2. The topological polar surface area (TPSA) is 8.17 Å². The molecule has 0 radical (unpaired) electrons. The van der Waals surface area contributed by atoms with E-state index in [1.807, 2.05) is 0 Å². The summed E-state index contributed by atoms with van der Waals surface area (Å²) < 4.78 is 2.50. The van der Waals surface area contributed by atoms with Crippen LogP contribution in [0.4, 0.5) is 11.4 Å². The van der Waals surface area contributed by atoms with E-state index in [0.717, 1.165) is 44.9 Å². The lowest BCUT2D eigenvalue weighted by molar-refractivity contribution is 0.787. The van der Waals surface area contributed by atoms with Crippen LogP contribution in [0.2, 0.25) is 0 Å². The average molecular weight is 697 g/mol. The van der Waals surface area contributed by atoms with E-state index in [2.05, 4.69) is 185 Å². The van der Waals surface area contributed by atoms with Crippen LogP contribution in [0.25, 0.3) is 57.1 Å². The van der Waals surface area contributed by atoms with Crippen LogP contribution in [0.15, 0.2) is 158 Å². The first-order chi connectivity index (χ1) is 26.8. The third kappa shape index (κ3) is 5.93. The molecule has 54 heavy (non-hydrogen) atoms. The van der Waals surface area contributed by atoms with Crippen LogP contribution >= 0.6 is 0 Å². The summed E-state index contributed by atoms with van der Waals surface area (Å²) in [7, 11) is 0. The number of aromatic nitrogens is 1. The van der Waals surface area contributed by atoms with E-state index in [4.69, 9.17) is 0 Å². The maximum absolute atomic E-state index is 2.54. The highest BCUT2D eigenvalue weighted by Gasteiger charge is 2.23. The molecule has 0 amide bonds. The molecule has 5 aromatic carbocycles. The number of allylic oxidation sites excluding steroid dienone is 7. The Bertz CT molecular complexity index is 2660. The molecule has 4 aliphatic rings. The molecule has 0 fully saturated rings. The molecule has 2 heteroatoms. The maximum atomic E-state index is 2.54. The van der Waals surface area contributed by atoms with E-state index >= 15 is 0 Å².